The number of carbonyl (C=O) groups is 1. The lowest BCUT2D eigenvalue weighted by atomic mass is 10.2. The molecular formula is C17H15NO3. The van der Waals surface area contributed by atoms with E-state index in [-0.39, 0.29) is 5.91 Å². The molecule has 0 fully saturated rings. The van der Waals surface area contributed by atoms with Crippen LogP contribution in [0.5, 0.6) is 5.75 Å². The molecule has 21 heavy (non-hydrogen) atoms. The molecule has 1 aromatic heterocycles. The molecule has 0 bridgehead atoms. The van der Waals surface area contributed by atoms with Gasteiger partial charge in [0.2, 0.25) is 0 Å². The average Bonchev–Trinajstić information content (AvgIpc) is 2.90. The highest BCUT2D eigenvalue weighted by Gasteiger charge is 2.12. The van der Waals surface area contributed by atoms with Gasteiger partial charge in [-0.25, -0.2) is 0 Å². The molecule has 0 spiro atoms. The topological polar surface area (TPSA) is 51.5 Å². The lowest BCUT2D eigenvalue weighted by Crippen LogP contribution is -2.10. The van der Waals surface area contributed by atoms with Crippen LogP contribution in [0, 0.1) is 6.92 Å². The third-order valence-electron chi connectivity index (χ3n) is 3.22. The Morgan fingerprint density at radius 3 is 2.81 bits per heavy atom. The van der Waals surface area contributed by atoms with Gasteiger partial charge in [-0.3, -0.25) is 4.79 Å². The van der Waals surface area contributed by atoms with Crippen molar-refractivity contribution in [2.75, 3.05) is 12.4 Å². The summed E-state index contributed by atoms with van der Waals surface area (Å²) in [5.74, 6) is 0.698. The number of hydrogen-bond acceptors (Lipinski definition) is 3. The first-order chi connectivity index (χ1) is 10.2. The van der Waals surface area contributed by atoms with Crippen LogP contribution in [0.25, 0.3) is 11.0 Å². The van der Waals surface area contributed by atoms with Crippen molar-refractivity contribution < 1.29 is 13.9 Å². The Morgan fingerprint density at radius 1 is 1.14 bits per heavy atom. The Labute approximate surface area is 122 Å². The summed E-state index contributed by atoms with van der Waals surface area (Å²) in [6, 6.07) is 14.7. The molecule has 0 radical (unpaired) electrons. The van der Waals surface area contributed by atoms with Gasteiger partial charge in [-0.1, -0.05) is 17.7 Å². The van der Waals surface area contributed by atoms with Crippen LogP contribution in [-0.4, -0.2) is 13.0 Å². The van der Waals surface area contributed by atoms with E-state index >= 15 is 0 Å². The molecule has 0 atom stereocenters. The molecule has 1 N–H and O–H groups in total. The number of ether oxygens (including phenoxy) is 1. The van der Waals surface area contributed by atoms with E-state index in [9.17, 15) is 4.79 Å². The first-order valence-electron chi connectivity index (χ1n) is 6.61. The van der Waals surface area contributed by atoms with Crippen LogP contribution in [0.1, 0.15) is 16.1 Å². The molecular weight excluding hydrogens is 266 g/mol. The third-order valence-corrected chi connectivity index (χ3v) is 3.22. The fourth-order valence-electron chi connectivity index (χ4n) is 2.17. The molecule has 0 aliphatic heterocycles. The van der Waals surface area contributed by atoms with Crippen LogP contribution in [0.2, 0.25) is 0 Å². The second-order valence-corrected chi connectivity index (χ2v) is 4.84. The van der Waals surface area contributed by atoms with Gasteiger partial charge in [0.15, 0.2) is 5.76 Å². The van der Waals surface area contributed by atoms with Crippen molar-refractivity contribution in [3.05, 3.63) is 59.9 Å². The Bertz CT molecular complexity index is 805. The van der Waals surface area contributed by atoms with Gasteiger partial charge in [-0.2, -0.15) is 0 Å². The highest BCUT2D eigenvalue weighted by Crippen LogP contribution is 2.22. The van der Waals surface area contributed by atoms with Gasteiger partial charge < -0.3 is 14.5 Å². The van der Waals surface area contributed by atoms with Crippen LogP contribution in [-0.2, 0) is 0 Å². The van der Waals surface area contributed by atoms with E-state index in [1.807, 2.05) is 37.3 Å². The monoisotopic (exact) mass is 281 g/mol. The Hall–Kier alpha value is -2.75. The second kappa shape index (κ2) is 5.32. The molecule has 0 aliphatic carbocycles. The average molecular weight is 281 g/mol. The summed E-state index contributed by atoms with van der Waals surface area (Å²) < 4.78 is 10.7. The predicted octanol–water partition coefficient (Wildman–Crippen LogP) is 4.00. The maximum absolute atomic E-state index is 12.2. The number of methoxy groups -OCH3 is 1. The maximum atomic E-state index is 12.2. The van der Waals surface area contributed by atoms with Crippen LogP contribution >= 0.6 is 0 Å². The summed E-state index contributed by atoms with van der Waals surface area (Å²) in [6.07, 6.45) is 0. The van der Waals surface area contributed by atoms with Crippen molar-refractivity contribution >= 4 is 22.6 Å². The lowest BCUT2D eigenvalue weighted by Gasteiger charge is -2.05. The smallest absolute Gasteiger partial charge is 0.291 e. The highest BCUT2D eigenvalue weighted by atomic mass is 16.5. The number of anilines is 1. The number of hydrogen-bond donors (Lipinski definition) is 1. The minimum atomic E-state index is -0.280. The predicted molar refractivity (Wildman–Crippen MR) is 81.9 cm³/mol. The standard InChI is InChI=1S/C17H15NO3/c1-11-6-7-15-12(8-11)9-16(21-15)17(19)18-13-4-3-5-14(10-13)20-2/h3-10H,1-2H3,(H,18,19). The first-order valence-corrected chi connectivity index (χ1v) is 6.61. The number of fused-ring (bicyclic) bond motifs is 1. The van der Waals surface area contributed by atoms with Gasteiger partial charge in [0.25, 0.3) is 5.91 Å². The van der Waals surface area contributed by atoms with Gasteiger partial charge >= 0.3 is 0 Å². The van der Waals surface area contributed by atoms with Crippen molar-refractivity contribution in [2.24, 2.45) is 0 Å². The maximum Gasteiger partial charge on any atom is 0.291 e. The van der Waals surface area contributed by atoms with Crippen LogP contribution in [0.15, 0.2) is 52.9 Å². The van der Waals surface area contributed by atoms with Crippen molar-refractivity contribution in [2.45, 2.75) is 6.92 Å². The van der Waals surface area contributed by atoms with Crippen LogP contribution in [0.4, 0.5) is 5.69 Å². The van der Waals surface area contributed by atoms with Gasteiger partial charge in [-0.05, 0) is 37.3 Å². The molecule has 0 unspecified atom stereocenters. The van der Waals surface area contributed by atoms with Crippen molar-refractivity contribution in [1.29, 1.82) is 0 Å². The van der Waals surface area contributed by atoms with E-state index in [1.165, 1.54) is 0 Å². The Balaban J connectivity index is 1.86. The van der Waals surface area contributed by atoms with Crippen molar-refractivity contribution in [1.82, 2.24) is 0 Å². The molecule has 1 amide bonds. The fourth-order valence-corrected chi connectivity index (χ4v) is 2.17. The molecule has 3 rings (SSSR count). The molecule has 0 aliphatic rings. The summed E-state index contributed by atoms with van der Waals surface area (Å²) in [6.45, 7) is 2.00. The zero-order valence-electron chi connectivity index (χ0n) is 11.8. The number of carbonyl (C=O) groups excluding carboxylic acids is 1. The number of amides is 1. The number of nitrogens with one attached hydrogen (secondary N) is 1. The van der Waals surface area contributed by atoms with E-state index in [2.05, 4.69) is 5.32 Å². The summed E-state index contributed by atoms with van der Waals surface area (Å²) in [7, 11) is 1.59. The number of furan rings is 1. The van der Waals surface area contributed by atoms with Gasteiger partial charge in [0, 0.05) is 17.1 Å². The molecule has 0 saturated heterocycles. The fraction of sp³-hybridized carbons (Fsp3) is 0.118. The molecule has 2 aromatic carbocycles. The molecule has 0 saturated carbocycles. The number of benzene rings is 2. The zero-order valence-corrected chi connectivity index (χ0v) is 11.8. The quantitative estimate of drug-likeness (QED) is 0.789. The summed E-state index contributed by atoms with van der Waals surface area (Å²) in [5, 5.41) is 3.72. The summed E-state index contributed by atoms with van der Waals surface area (Å²) >= 11 is 0. The zero-order chi connectivity index (χ0) is 14.8. The molecule has 4 nitrogen and oxygen atoms in total. The minimum absolute atomic E-state index is 0.280. The van der Waals surface area contributed by atoms with E-state index in [4.69, 9.17) is 9.15 Å². The van der Waals surface area contributed by atoms with Gasteiger partial charge in [0.1, 0.15) is 11.3 Å². The second-order valence-electron chi connectivity index (χ2n) is 4.84. The third kappa shape index (κ3) is 2.74. The van der Waals surface area contributed by atoms with E-state index < -0.39 is 0 Å². The van der Waals surface area contributed by atoms with E-state index in [0.717, 1.165) is 10.9 Å². The van der Waals surface area contributed by atoms with Gasteiger partial charge in [0.05, 0.1) is 7.11 Å². The van der Waals surface area contributed by atoms with Crippen LogP contribution in [0.3, 0.4) is 0 Å². The minimum Gasteiger partial charge on any atom is -0.497 e. The van der Waals surface area contributed by atoms with Gasteiger partial charge in [-0.15, -0.1) is 0 Å². The molecule has 4 heteroatoms. The Morgan fingerprint density at radius 2 is 2.00 bits per heavy atom. The van der Waals surface area contributed by atoms with Crippen molar-refractivity contribution in [3.8, 4) is 5.75 Å². The van der Waals surface area contributed by atoms with Crippen LogP contribution < -0.4 is 10.1 Å². The molecule has 106 valence electrons. The number of aryl methyl sites for hydroxylation is 1. The largest absolute Gasteiger partial charge is 0.497 e. The molecule has 3 aromatic rings. The lowest BCUT2D eigenvalue weighted by molar-refractivity contribution is 0.0998. The highest BCUT2D eigenvalue weighted by molar-refractivity contribution is 6.04. The normalized spacial score (nSPS) is 10.6. The molecule has 1 heterocycles. The summed E-state index contributed by atoms with van der Waals surface area (Å²) in [4.78, 5) is 12.2. The Kier molecular flexibility index (Phi) is 3.36. The van der Waals surface area contributed by atoms with Crippen molar-refractivity contribution in [3.63, 3.8) is 0 Å². The number of rotatable bonds is 3. The van der Waals surface area contributed by atoms with E-state index in [1.54, 1.807) is 25.3 Å². The summed E-state index contributed by atoms with van der Waals surface area (Å²) in [5.41, 5.74) is 2.50. The van der Waals surface area contributed by atoms with E-state index in [0.29, 0.717) is 22.8 Å². The SMILES string of the molecule is COc1cccc(NC(=O)c2cc3cc(C)ccc3o2)c1. The first kappa shape index (κ1) is 13.2.